The fraction of sp³-hybridized carbons (Fsp3) is 0.462. The van der Waals surface area contributed by atoms with E-state index in [-0.39, 0.29) is 28.9 Å². The Balaban J connectivity index is 2.91. The molecule has 0 aliphatic heterocycles. The molecule has 2 amide bonds. The van der Waals surface area contributed by atoms with E-state index >= 15 is 0 Å². The summed E-state index contributed by atoms with van der Waals surface area (Å²) in [6.07, 6.45) is -4.54. The Bertz CT molecular complexity index is 594. The van der Waals surface area contributed by atoms with E-state index in [0.29, 0.717) is 4.90 Å². The summed E-state index contributed by atoms with van der Waals surface area (Å²) in [5.41, 5.74) is -0.291. The molecule has 0 saturated heterocycles. The van der Waals surface area contributed by atoms with Gasteiger partial charge >= 0.3 is 12.2 Å². The zero-order chi connectivity index (χ0) is 17.8. The van der Waals surface area contributed by atoms with Gasteiger partial charge in [-0.3, -0.25) is 10.1 Å². The zero-order valence-corrected chi connectivity index (χ0v) is 13.1. The number of hydrogen-bond acceptors (Lipinski definition) is 3. The van der Waals surface area contributed by atoms with Gasteiger partial charge in [-0.25, -0.2) is 4.79 Å². The minimum Gasteiger partial charge on any atom is -0.315 e. The van der Waals surface area contributed by atoms with Crippen LogP contribution in [0.15, 0.2) is 18.2 Å². The van der Waals surface area contributed by atoms with Gasteiger partial charge in [-0.05, 0) is 12.0 Å². The number of non-ortho nitro benzene ring substituents is 1. The highest BCUT2D eigenvalue weighted by atomic mass is 35.5. The second kappa shape index (κ2) is 7.49. The lowest BCUT2D eigenvalue weighted by molar-refractivity contribution is -0.384. The largest absolute Gasteiger partial charge is 0.406 e. The highest BCUT2D eigenvalue weighted by Crippen LogP contribution is 2.27. The normalized spacial score (nSPS) is 11.4. The number of carbonyl (C=O) groups is 1. The minimum atomic E-state index is -4.54. The van der Waals surface area contributed by atoms with Crippen LogP contribution in [0.3, 0.4) is 0 Å². The van der Waals surface area contributed by atoms with E-state index in [1.54, 1.807) is 13.8 Å². The molecule has 0 atom stereocenters. The monoisotopic (exact) mass is 353 g/mol. The molecule has 0 heterocycles. The summed E-state index contributed by atoms with van der Waals surface area (Å²) >= 11 is 5.80. The lowest BCUT2D eigenvalue weighted by Crippen LogP contribution is -2.43. The average Bonchev–Trinajstić information content (AvgIpc) is 2.37. The van der Waals surface area contributed by atoms with Gasteiger partial charge in [-0.1, -0.05) is 25.4 Å². The Morgan fingerprint density at radius 3 is 2.48 bits per heavy atom. The van der Waals surface area contributed by atoms with Gasteiger partial charge in [-0.15, -0.1) is 0 Å². The Morgan fingerprint density at radius 2 is 2.04 bits per heavy atom. The van der Waals surface area contributed by atoms with Gasteiger partial charge in [0, 0.05) is 18.7 Å². The van der Waals surface area contributed by atoms with E-state index in [1.807, 2.05) is 0 Å². The molecule has 128 valence electrons. The van der Waals surface area contributed by atoms with Crippen molar-refractivity contribution in [1.82, 2.24) is 4.90 Å². The third-order valence-electron chi connectivity index (χ3n) is 2.65. The van der Waals surface area contributed by atoms with Crippen LogP contribution in [0.25, 0.3) is 0 Å². The molecule has 10 heteroatoms. The van der Waals surface area contributed by atoms with Crippen molar-refractivity contribution in [1.29, 1.82) is 0 Å². The van der Waals surface area contributed by atoms with Crippen LogP contribution in [0.4, 0.5) is 29.3 Å². The maximum absolute atomic E-state index is 12.6. The molecule has 0 spiro atoms. The van der Waals surface area contributed by atoms with Crippen LogP contribution in [0.2, 0.25) is 5.02 Å². The van der Waals surface area contributed by atoms with Gasteiger partial charge < -0.3 is 10.2 Å². The first-order valence-corrected chi connectivity index (χ1v) is 6.94. The van der Waals surface area contributed by atoms with Gasteiger partial charge in [0.1, 0.15) is 6.54 Å². The number of benzene rings is 1. The number of anilines is 1. The van der Waals surface area contributed by atoms with Crippen LogP contribution < -0.4 is 5.32 Å². The predicted octanol–water partition coefficient (Wildman–Crippen LogP) is 4.30. The lowest BCUT2D eigenvalue weighted by atomic mass is 10.2. The summed E-state index contributed by atoms with van der Waals surface area (Å²) in [4.78, 5) is 22.6. The maximum Gasteiger partial charge on any atom is 0.406 e. The SMILES string of the molecule is CC(C)CN(CC(F)(F)F)C(=O)Nc1ccc([N+](=O)[O-])cc1Cl. The molecule has 23 heavy (non-hydrogen) atoms. The fourth-order valence-corrected chi connectivity index (χ4v) is 2.01. The Morgan fingerprint density at radius 1 is 1.43 bits per heavy atom. The van der Waals surface area contributed by atoms with Crippen molar-refractivity contribution in [2.75, 3.05) is 18.4 Å². The van der Waals surface area contributed by atoms with Gasteiger partial charge in [0.2, 0.25) is 0 Å². The van der Waals surface area contributed by atoms with Crippen LogP contribution in [0.1, 0.15) is 13.8 Å². The first-order valence-electron chi connectivity index (χ1n) is 6.56. The predicted molar refractivity (Wildman–Crippen MR) is 79.6 cm³/mol. The van der Waals surface area contributed by atoms with Crippen LogP contribution in [-0.2, 0) is 0 Å². The van der Waals surface area contributed by atoms with Crippen molar-refractivity contribution in [3.63, 3.8) is 0 Å². The number of nitro benzene ring substituents is 1. The van der Waals surface area contributed by atoms with Crippen molar-refractivity contribution in [2.24, 2.45) is 5.92 Å². The lowest BCUT2D eigenvalue weighted by Gasteiger charge is -2.26. The smallest absolute Gasteiger partial charge is 0.315 e. The molecule has 1 aromatic carbocycles. The molecule has 6 nitrogen and oxygen atoms in total. The van der Waals surface area contributed by atoms with E-state index in [9.17, 15) is 28.1 Å². The summed E-state index contributed by atoms with van der Waals surface area (Å²) in [6.45, 7) is 1.85. The average molecular weight is 354 g/mol. The molecule has 1 rings (SSSR count). The summed E-state index contributed by atoms with van der Waals surface area (Å²) in [7, 11) is 0. The second-order valence-corrected chi connectivity index (χ2v) is 5.65. The molecule has 0 aliphatic carbocycles. The van der Waals surface area contributed by atoms with E-state index in [4.69, 9.17) is 11.6 Å². The number of nitrogens with one attached hydrogen (secondary N) is 1. The minimum absolute atomic E-state index is 0.00167. The number of nitrogens with zero attached hydrogens (tertiary/aromatic N) is 2. The molecule has 0 saturated carbocycles. The molecular weight excluding hydrogens is 339 g/mol. The van der Waals surface area contributed by atoms with Gasteiger partial charge in [-0.2, -0.15) is 13.2 Å². The third kappa shape index (κ3) is 6.31. The molecule has 1 N–H and O–H groups in total. The Labute approximate surface area is 135 Å². The van der Waals surface area contributed by atoms with Crippen molar-refractivity contribution < 1.29 is 22.9 Å². The number of hydrogen-bond donors (Lipinski definition) is 1. The van der Waals surface area contributed by atoms with Gasteiger partial charge in [0.15, 0.2) is 0 Å². The van der Waals surface area contributed by atoms with Crippen molar-refractivity contribution in [2.45, 2.75) is 20.0 Å². The summed E-state index contributed by atoms with van der Waals surface area (Å²) < 4.78 is 37.7. The number of halogens is 4. The molecule has 0 fully saturated rings. The second-order valence-electron chi connectivity index (χ2n) is 5.24. The standard InChI is InChI=1S/C13H15ClF3N3O3/c1-8(2)6-19(7-13(15,16)17)12(21)18-11-4-3-9(20(22)23)5-10(11)14/h3-5,8H,6-7H2,1-2H3,(H,18,21). The quantitative estimate of drug-likeness (QED) is 0.633. The third-order valence-corrected chi connectivity index (χ3v) is 2.96. The first-order chi connectivity index (χ1) is 10.5. The van der Waals surface area contributed by atoms with Crippen LogP contribution in [0, 0.1) is 16.0 Å². The van der Waals surface area contributed by atoms with E-state index < -0.39 is 23.7 Å². The number of alkyl halides is 3. The molecule has 0 radical (unpaired) electrons. The topological polar surface area (TPSA) is 75.5 Å². The summed E-state index contributed by atoms with van der Waals surface area (Å²) in [5.74, 6) is -0.171. The number of amides is 2. The maximum atomic E-state index is 12.6. The molecule has 0 aliphatic rings. The van der Waals surface area contributed by atoms with Gasteiger partial charge in [0.05, 0.1) is 15.6 Å². The highest BCUT2D eigenvalue weighted by molar-refractivity contribution is 6.33. The molecule has 1 aromatic rings. The molecule has 0 bridgehead atoms. The van der Waals surface area contributed by atoms with Crippen LogP contribution >= 0.6 is 11.6 Å². The van der Waals surface area contributed by atoms with Crippen molar-refractivity contribution in [3.8, 4) is 0 Å². The van der Waals surface area contributed by atoms with Crippen LogP contribution in [0.5, 0.6) is 0 Å². The molecule has 0 aromatic heterocycles. The first kappa shape index (κ1) is 19.0. The van der Waals surface area contributed by atoms with Crippen LogP contribution in [-0.4, -0.2) is 35.1 Å². The number of urea groups is 1. The Hall–Kier alpha value is -2.03. The van der Waals surface area contributed by atoms with Crippen molar-refractivity contribution in [3.05, 3.63) is 33.3 Å². The number of rotatable bonds is 5. The van der Waals surface area contributed by atoms with E-state index in [1.165, 1.54) is 6.07 Å². The van der Waals surface area contributed by atoms with Crippen molar-refractivity contribution >= 4 is 29.0 Å². The van der Waals surface area contributed by atoms with E-state index in [2.05, 4.69) is 5.32 Å². The molecule has 0 unspecified atom stereocenters. The highest BCUT2D eigenvalue weighted by Gasteiger charge is 2.33. The Kier molecular flexibility index (Phi) is 6.20. The van der Waals surface area contributed by atoms with E-state index in [0.717, 1.165) is 12.1 Å². The number of nitro groups is 1. The van der Waals surface area contributed by atoms with Gasteiger partial charge in [0.25, 0.3) is 5.69 Å². The number of carbonyl (C=O) groups excluding carboxylic acids is 1. The fourth-order valence-electron chi connectivity index (χ4n) is 1.79. The molecular formula is C13H15ClF3N3O3. The summed E-state index contributed by atoms with van der Waals surface area (Å²) in [6, 6.07) is 2.29. The summed E-state index contributed by atoms with van der Waals surface area (Å²) in [5, 5.41) is 12.7. The zero-order valence-electron chi connectivity index (χ0n) is 12.4.